The zero-order valence-corrected chi connectivity index (χ0v) is 12.0. The minimum Gasteiger partial charge on any atom is -0.480 e. The number of carboxylic acids is 1. The minimum absolute atomic E-state index is 0.0240. The normalized spacial score (nSPS) is 12.3. The third-order valence-corrected chi connectivity index (χ3v) is 3.02. The third kappa shape index (κ3) is 3.41. The first kappa shape index (κ1) is 15.4. The molecule has 1 atom stereocenters. The van der Waals surface area contributed by atoms with E-state index in [4.69, 9.17) is 16.7 Å². The fraction of sp³-hybridized carbons (Fsp3) is 0.500. The Balaban J connectivity index is 3.11. The van der Waals surface area contributed by atoms with E-state index in [-0.39, 0.29) is 16.6 Å². The van der Waals surface area contributed by atoms with E-state index >= 15 is 0 Å². The van der Waals surface area contributed by atoms with Gasteiger partial charge in [-0.25, -0.2) is 14.8 Å². The Hall–Kier alpha value is -1.69. The molecule has 1 rings (SSSR count). The maximum absolute atomic E-state index is 12.2. The maximum atomic E-state index is 12.2. The van der Waals surface area contributed by atoms with Crippen molar-refractivity contribution in [3.05, 3.63) is 22.7 Å². The molecule has 7 heteroatoms. The minimum atomic E-state index is -1.09. The summed E-state index contributed by atoms with van der Waals surface area (Å²) in [6, 6.07) is -0.957. The van der Waals surface area contributed by atoms with Gasteiger partial charge in [0.2, 0.25) is 0 Å². The summed E-state index contributed by atoms with van der Waals surface area (Å²) in [6.45, 7) is 5.20. The number of likely N-dealkylation sites (N-methyl/N-ethyl adjacent to an activating group) is 1. The van der Waals surface area contributed by atoms with Crippen molar-refractivity contribution in [3.8, 4) is 0 Å². The SMILES string of the molecule is CC(C)c1ncc(Cl)c(C(=O)N(C)C(C)C(=O)O)n1. The van der Waals surface area contributed by atoms with Crippen LogP contribution in [0.3, 0.4) is 0 Å². The summed E-state index contributed by atoms with van der Waals surface area (Å²) < 4.78 is 0. The van der Waals surface area contributed by atoms with E-state index in [0.29, 0.717) is 5.82 Å². The molecule has 1 heterocycles. The number of hydrogen-bond donors (Lipinski definition) is 1. The molecule has 1 amide bonds. The van der Waals surface area contributed by atoms with Crippen molar-refractivity contribution in [1.29, 1.82) is 0 Å². The monoisotopic (exact) mass is 285 g/mol. The van der Waals surface area contributed by atoms with Crippen LogP contribution in [0.4, 0.5) is 0 Å². The van der Waals surface area contributed by atoms with Crippen LogP contribution < -0.4 is 0 Å². The lowest BCUT2D eigenvalue weighted by Crippen LogP contribution is -2.40. The van der Waals surface area contributed by atoms with Crippen LogP contribution in [0.5, 0.6) is 0 Å². The second-order valence-corrected chi connectivity index (χ2v) is 4.92. The molecular formula is C12H16ClN3O3. The molecule has 0 aromatic carbocycles. The molecule has 0 saturated carbocycles. The number of rotatable bonds is 4. The van der Waals surface area contributed by atoms with E-state index in [2.05, 4.69) is 9.97 Å². The summed E-state index contributed by atoms with van der Waals surface area (Å²) in [6.07, 6.45) is 1.36. The Kier molecular flexibility index (Phi) is 4.83. The average molecular weight is 286 g/mol. The van der Waals surface area contributed by atoms with Gasteiger partial charge < -0.3 is 10.0 Å². The van der Waals surface area contributed by atoms with E-state index in [1.54, 1.807) is 0 Å². The van der Waals surface area contributed by atoms with Crippen LogP contribution in [0.15, 0.2) is 6.20 Å². The summed E-state index contributed by atoms with van der Waals surface area (Å²) in [4.78, 5) is 32.3. The highest BCUT2D eigenvalue weighted by Crippen LogP contribution is 2.18. The molecule has 0 radical (unpaired) electrons. The quantitative estimate of drug-likeness (QED) is 0.912. The second-order valence-electron chi connectivity index (χ2n) is 4.51. The lowest BCUT2D eigenvalue weighted by molar-refractivity contribution is -0.141. The first-order valence-corrected chi connectivity index (χ1v) is 6.15. The van der Waals surface area contributed by atoms with Crippen LogP contribution in [0.2, 0.25) is 5.02 Å². The van der Waals surface area contributed by atoms with Crippen LogP contribution in [0.25, 0.3) is 0 Å². The summed E-state index contributed by atoms with van der Waals surface area (Å²) in [5.41, 5.74) is 0.0240. The number of amides is 1. The van der Waals surface area contributed by atoms with Crippen molar-refractivity contribution in [2.24, 2.45) is 0 Å². The molecule has 1 aromatic rings. The van der Waals surface area contributed by atoms with Crippen LogP contribution in [-0.2, 0) is 4.79 Å². The fourth-order valence-corrected chi connectivity index (χ4v) is 1.49. The third-order valence-electron chi connectivity index (χ3n) is 2.74. The highest BCUT2D eigenvalue weighted by molar-refractivity contribution is 6.33. The smallest absolute Gasteiger partial charge is 0.326 e. The Morgan fingerprint density at radius 2 is 1.95 bits per heavy atom. The molecule has 1 N–H and O–H groups in total. The standard InChI is InChI=1S/C12H16ClN3O3/c1-6(2)10-14-5-8(13)9(15-10)11(17)16(4)7(3)12(18)19/h5-7H,1-4H3,(H,18,19). The molecular weight excluding hydrogens is 270 g/mol. The maximum Gasteiger partial charge on any atom is 0.326 e. The number of hydrogen-bond acceptors (Lipinski definition) is 4. The van der Waals surface area contributed by atoms with Crippen LogP contribution in [0, 0.1) is 0 Å². The van der Waals surface area contributed by atoms with Crippen LogP contribution in [-0.4, -0.2) is 44.9 Å². The summed E-state index contributed by atoms with van der Waals surface area (Å²) in [7, 11) is 1.40. The van der Waals surface area contributed by atoms with E-state index in [0.717, 1.165) is 4.90 Å². The summed E-state index contributed by atoms with van der Waals surface area (Å²) >= 11 is 5.90. The van der Waals surface area contributed by atoms with Crippen molar-refractivity contribution < 1.29 is 14.7 Å². The number of carbonyl (C=O) groups excluding carboxylic acids is 1. The molecule has 0 saturated heterocycles. The van der Waals surface area contributed by atoms with Crippen molar-refractivity contribution in [1.82, 2.24) is 14.9 Å². The van der Waals surface area contributed by atoms with Crippen molar-refractivity contribution in [3.63, 3.8) is 0 Å². The fourth-order valence-electron chi connectivity index (χ4n) is 1.32. The molecule has 0 spiro atoms. The summed E-state index contributed by atoms with van der Waals surface area (Å²) in [5, 5.41) is 9.01. The Labute approximate surface area is 116 Å². The topological polar surface area (TPSA) is 83.4 Å². The molecule has 0 aliphatic carbocycles. The molecule has 104 valence electrons. The molecule has 0 aliphatic heterocycles. The van der Waals surface area contributed by atoms with Crippen molar-refractivity contribution >= 4 is 23.5 Å². The first-order chi connectivity index (χ1) is 8.75. The first-order valence-electron chi connectivity index (χ1n) is 5.78. The zero-order chi connectivity index (χ0) is 14.7. The number of aliphatic carboxylic acids is 1. The van der Waals surface area contributed by atoms with Crippen LogP contribution >= 0.6 is 11.6 Å². The van der Waals surface area contributed by atoms with Gasteiger partial charge in [0.05, 0.1) is 11.2 Å². The van der Waals surface area contributed by atoms with Gasteiger partial charge in [-0.3, -0.25) is 4.79 Å². The highest BCUT2D eigenvalue weighted by Gasteiger charge is 2.26. The Morgan fingerprint density at radius 3 is 2.42 bits per heavy atom. The van der Waals surface area contributed by atoms with E-state index < -0.39 is 17.9 Å². The van der Waals surface area contributed by atoms with E-state index in [1.807, 2.05) is 13.8 Å². The molecule has 19 heavy (non-hydrogen) atoms. The molecule has 0 fully saturated rings. The predicted octanol–water partition coefficient (Wildman–Crippen LogP) is 1.80. The number of aromatic nitrogens is 2. The van der Waals surface area contributed by atoms with Gasteiger partial charge in [-0.15, -0.1) is 0 Å². The van der Waals surface area contributed by atoms with Gasteiger partial charge in [-0.05, 0) is 6.92 Å². The highest BCUT2D eigenvalue weighted by atomic mass is 35.5. The lowest BCUT2D eigenvalue weighted by atomic mass is 10.2. The molecule has 1 aromatic heterocycles. The van der Waals surface area contributed by atoms with Gasteiger partial charge in [0, 0.05) is 13.0 Å². The number of carbonyl (C=O) groups is 2. The van der Waals surface area contributed by atoms with Gasteiger partial charge >= 0.3 is 5.97 Å². The molecule has 1 unspecified atom stereocenters. The predicted molar refractivity (Wildman–Crippen MR) is 70.3 cm³/mol. The molecule has 0 aliphatic rings. The average Bonchev–Trinajstić information content (AvgIpc) is 2.36. The lowest BCUT2D eigenvalue weighted by Gasteiger charge is -2.21. The number of nitrogens with zero attached hydrogens (tertiary/aromatic N) is 3. The summed E-state index contributed by atoms with van der Waals surface area (Å²) in [5.74, 6) is -1.09. The Morgan fingerprint density at radius 1 is 1.37 bits per heavy atom. The molecule has 0 bridgehead atoms. The van der Waals surface area contributed by atoms with Gasteiger partial charge in [0.15, 0.2) is 5.69 Å². The van der Waals surface area contributed by atoms with Crippen LogP contribution in [0.1, 0.15) is 43.0 Å². The van der Waals surface area contributed by atoms with Gasteiger partial charge in [-0.1, -0.05) is 25.4 Å². The van der Waals surface area contributed by atoms with E-state index in [1.165, 1.54) is 20.2 Å². The van der Waals surface area contributed by atoms with Crippen molar-refractivity contribution in [2.45, 2.75) is 32.7 Å². The van der Waals surface area contributed by atoms with Crippen molar-refractivity contribution in [2.75, 3.05) is 7.05 Å². The van der Waals surface area contributed by atoms with Gasteiger partial charge in [0.25, 0.3) is 5.91 Å². The molecule has 6 nitrogen and oxygen atoms in total. The Bertz CT molecular complexity index is 505. The number of halogens is 1. The second kappa shape index (κ2) is 5.97. The van der Waals surface area contributed by atoms with E-state index in [9.17, 15) is 9.59 Å². The van der Waals surface area contributed by atoms with Gasteiger partial charge in [-0.2, -0.15) is 0 Å². The largest absolute Gasteiger partial charge is 0.480 e. The zero-order valence-electron chi connectivity index (χ0n) is 11.2. The van der Waals surface area contributed by atoms with Gasteiger partial charge in [0.1, 0.15) is 11.9 Å². The number of carboxylic acid groups (broad SMARTS) is 1.